The summed E-state index contributed by atoms with van der Waals surface area (Å²) in [5.74, 6) is 0.659. The maximum atomic E-state index is 12.5. The van der Waals surface area contributed by atoms with Crippen molar-refractivity contribution in [1.29, 1.82) is 0 Å². The Labute approximate surface area is 131 Å². The minimum Gasteiger partial charge on any atom is -0.463 e. The molecule has 21 heavy (non-hydrogen) atoms. The third-order valence-electron chi connectivity index (χ3n) is 4.76. The van der Waals surface area contributed by atoms with Crippen LogP contribution in [-0.4, -0.2) is 36.5 Å². The Balaban J connectivity index is 1.54. The Kier molecular flexibility index (Phi) is 3.27. The SMILES string of the molecule is O=C(NC1CN2CCC1CC2)c1ccc2occ(Br)c2c1. The topological polar surface area (TPSA) is 45.5 Å². The summed E-state index contributed by atoms with van der Waals surface area (Å²) in [4.78, 5) is 14.9. The molecule has 3 fully saturated rings. The summed E-state index contributed by atoms with van der Waals surface area (Å²) in [7, 11) is 0. The normalized spacial score (nSPS) is 28.0. The van der Waals surface area contributed by atoms with E-state index in [4.69, 9.17) is 4.42 Å². The summed E-state index contributed by atoms with van der Waals surface area (Å²) in [6.07, 6.45) is 4.06. The van der Waals surface area contributed by atoms with Crippen molar-refractivity contribution in [3.63, 3.8) is 0 Å². The number of halogens is 1. The Morgan fingerprint density at radius 2 is 2.14 bits per heavy atom. The van der Waals surface area contributed by atoms with Crippen molar-refractivity contribution in [3.05, 3.63) is 34.5 Å². The van der Waals surface area contributed by atoms with Crippen LogP contribution in [-0.2, 0) is 0 Å². The van der Waals surface area contributed by atoms with Crippen molar-refractivity contribution < 1.29 is 9.21 Å². The second kappa shape index (κ2) is 5.14. The lowest BCUT2D eigenvalue weighted by atomic mass is 9.84. The Morgan fingerprint density at radius 1 is 1.33 bits per heavy atom. The van der Waals surface area contributed by atoms with Crippen LogP contribution in [0.25, 0.3) is 11.0 Å². The first-order chi connectivity index (χ1) is 10.2. The molecule has 1 atom stereocenters. The average Bonchev–Trinajstić information content (AvgIpc) is 2.89. The summed E-state index contributed by atoms with van der Waals surface area (Å²) >= 11 is 3.44. The van der Waals surface area contributed by atoms with Gasteiger partial charge in [0.1, 0.15) is 11.8 Å². The standard InChI is InChI=1S/C16H17BrN2O2/c17-13-9-21-15-2-1-11(7-12(13)15)16(20)18-14-8-19-5-3-10(14)4-6-19/h1-2,7,9-10,14H,3-6,8H2,(H,18,20). The van der Waals surface area contributed by atoms with E-state index < -0.39 is 0 Å². The van der Waals surface area contributed by atoms with Gasteiger partial charge in [0.15, 0.2) is 0 Å². The zero-order valence-electron chi connectivity index (χ0n) is 11.6. The van der Waals surface area contributed by atoms with Gasteiger partial charge in [-0.15, -0.1) is 0 Å². The molecule has 110 valence electrons. The highest BCUT2D eigenvalue weighted by Crippen LogP contribution is 2.29. The van der Waals surface area contributed by atoms with Crippen molar-refractivity contribution in [2.45, 2.75) is 18.9 Å². The van der Waals surface area contributed by atoms with Gasteiger partial charge in [-0.05, 0) is 66.0 Å². The number of fused-ring (bicyclic) bond motifs is 4. The Morgan fingerprint density at radius 3 is 2.86 bits per heavy atom. The molecule has 3 aliphatic rings. The van der Waals surface area contributed by atoms with E-state index >= 15 is 0 Å². The maximum absolute atomic E-state index is 12.5. The first kappa shape index (κ1) is 13.3. The van der Waals surface area contributed by atoms with E-state index in [-0.39, 0.29) is 5.91 Å². The van der Waals surface area contributed by atoms with Gasteiger partial charge in [-0.2, -0.15) is 0 Å². The molecule has 1 amide bonds. The first-order valence-electron chi connectivity index (χ1n) is 7.41. The number of carbonyl (C=O) groups is 1. The van der Waals surface area contributed by atoms with Crippen LogP contribution in [0.15, 0.2) is 33.4 Å². The number of furan rings is 1. The van der Waals surface area contributed by atoms with E-state index in [1.165, 1.54) is 25.9 Å². The monoisotopic (exact) mass is 348 g/mol. The smallest absolute Gasteiger partial charge is 0.251 e. The second-order valence-corrected chi connectivity index (χ2v) is 6.87. The highest BCUT2D eigenvalue weighted by atomic mass is 79.9. The van der Waals surface area contributed by atoms with Gasteiger partial charge in [-0.3, -0.25) is 4.79 Å². The fourth-order valence-corrected chi connectivity index (χ4v) is 3.92. The van der Waals surface area contributed by atoms with Crippen LogP contribution >= 0.6 is 15.9 Å². The van der Waals surface area contributed by atoms with Gasteiger partial charge in [-0.1, -0.05) is 0 Å². The lowest BCUT2D eigenvalue weighted by molar-refractivity contribution is 0.0620. The predicted molar refractivity (Wildman–Crippen MR) is 84.3 cm³/mol. The van der Waals surface area contributed by atoms with E-state index in [1.807, 2.05) is 18.2 Å². The van der Waals surface area contributed by atoms with Gasteiger partial charge in [0.2, 0.25) is 0 Å². The summed E-state index contributed by atoms with van der Waals surface area (Å²) in [6.45, 7) is 3.37. The van der Waals surface area contributed by atoms with Crippen LogP contribution in [0.1, 0.15) is 23.2 Å². The molecule has 1 N–H and O–H groups in total. The molecule has 1 unspecified atom stereocenters. The molecule has 0 aliphatic carbocycles. The van der Waals surface area contributed by atoms with E-state index in [1.54, 1.807) is 6.26 Å². The molecule has 3 saturated heterocycles. The molecule has 0 saturated carbocycles. The number of carbonyl (C=O) groups excluding carboxylic acids is 1. The number of hydrogen-bond acceptors (Lipinski definition) is 3. The number of amides is 1. The van der Waals surface area contributed by atoms with Gasteiger partial charge in [0.05, 0.1) is 4.47 Å². The van der Waals surface area contributed by atoms with E-state index in [0.717, 1.165) is 22.0 Å². The van der Waals surface area contributed by atoms with Crippen molar-refractivity contribution >= 4 is 32.8 Å². The van der Waals surface area contributed by atoms with E-state index in [0.29, 0.717) is 17.5 Å². The number of rotatable bonds is 2. The Hall–Kier alpha value is -1.33. The number of piperidine rings is 3. The van der Waals surface area contributed by atoms with Crippen molar-refractivity contribution in [1.82, 2.24) is 10.2 Å². The van der Waals surface area contributed by atoms with Crippen molar-refractivity contribution in [2.24, 2.45) is 5.92 Å². The van der Waals surface area contributed by atoms with Crippen LogP contribution in [0.4, 0.5) is 0 Å². The average molecular weight is 349 g/mol. The fraction of sp³-hybridized carbons (Fsp3) is 0.438. The summed E-state index contributed by atoms with van der Waals surface area (Å²) in [5.41, 5.74) is 1.49. The molecule has 0 radical (unpaired) electrons. The first-order valence-corrected chi connectivity index (χ1v) is 8.20. The molecular formula is C16H17BrN2O2. The minimum atomic E-state index is 0.0174. The molecule has 2 aromatic rings. The minimum absolute atomic E-state index is 0.0174. The zero-order chi connectivity index (χ0) is 14.4. The molecule has 5 rings (SSSR count). The predicted octanol–water partition coefficient (Wildman–Crippen LogP) is 3.02. The fourth-order valence-electron chi connectivity index (χ4n) is 3.52. The maximum Gasteiger partial charge on any atom is 0.251 e. The lowest BCUT2D eigenvalue weighted by Gasteiger charge is -2.44. The molecule has 4 heterocycles. The molecule has 2 bridgehead atoms. The number of benzene rings is 1. The number of hydrogen-bond donors (Lipinski definition) is 1. The van der Waals surface area contributed by atoms with Crippen LogP contribution in [0, 0.1) is 5.92 Å². The highest BCUT2D eigenvalue weighted by molar-refractivity contribution is 9.10. The van der Waals surface area contributed by atoms with Gasteiger partial charge < -0.3 is 14.6 Å². The van der Waals surface area contributed by atoms with Gasteiger partial charge >= 0.3 is 0 Å². The second-order valence-electron chi connectivity index (χ2n) is 6.01. The highest BCUT2D eigenvalue weighted by Gasteiger charge is 2.34. The largest absolute Gasteiger partial charge is 0.463 e. The van der Waals surface area contributed by atoms with Crippen LogP contribution in [0.5, 0.6) is 0 Å². The molecule has 3 aliphatic heterocycles. The summed E-state index contributed by atoms with van der Waals surface area (Å²) in [5, 5.41) is 4.16. The van der Waals surface area contributed by atoms with Gasteiger partial charge in [0.25, 0.3) is 5.91 Å². The van der Waals surface area contributed by atoms with Gasteiger partial charge in [-0.25, -0.2) is 0 Å². The molecule has 4 nitrogen and oxygen atoms in total. The lowest BCUT2D eigenvalue weighted by Crippen LogP contribution is -2.57. The molecule has 5 heteroatoms. The molecule has 1 aromatic carbocycles. The van der Waals surface area contributed by atoms with Crippen LogP contribution in [0.3, 0.4) is 0 Å². The Bertz CT molecular complexity index is 689. The van der Waals surface area contributed by atoms with E-state index in [2.05, 4.69) is 26.1 Å². The molecule has 1 aromatic heterocycles. The molecule has 0 spiro atoms. The van der Waals surface area contributed by atoms with Crippen LogP contribution in [0.2, 0.25) is 0 Å². The van der Waals surface area contributed by atoms with Crippen molar-refractivity contribution in [3.8, 4) is 0 Å². The van der Waals surface area contributed by atoms with Gasteiger partial charge in [0, 0.05) is 23.5 Å². The van der Waals surface area contributed by atoms with Crippen molar-refractivity contribution in [2.75, 3.05) is 19.6 Å². The summed E-state index contributed by atoms with van der Waals surface area (Å²) < 4.78 is 6.27. The van der Waals surface area contributed by atoms with Crippen LogP contribution < -0.4 is 5.32 Å². The zero-order valence-corrected chi connectivity index (χ0v) is 13.2. The van der Waals surface area contributed by atoms with E-state index in [9.17, 15) is 4.79 Å². The number of nitrogens with zero attached hydrogens (tertiary/aromatic N) is 1. The third kappa shape index (κ3) is 2.38. The number of nitrogens with one attached hydrogen (secondary N) is 1. The quantitative estimate of drug-likeness (QED) is 0.907. The summed E-state index contributed by atoms with van der Waals surface area (Å²) in [6, 6.07) is 5.86. The third-order valence-corrected chi connectivity index (χ3v) is 5.38. The molecular weight excluding hydrogens is 332 g/mol.